The average molecular weight is 410 g/mol. The van der Waals surface area contributed by atoms with Crippen molar-refractivity contribution in [3.63, 3.8) is 0 Å². The van der Waals surface area contributed by atoms with Crippen LogP contribution in [-0.2, 0) is 14.8 Å². The lowest BCUT2D eigenvalue weighted by Crippen LogP contribution is -2.48. The molecule has 0 saturated carbocycles. The van der Waals surface area contributed by atoms with Gasteiger partial charge in [-0.2, -0.15) is 4.31 Å². The van der Waals surface area contributed by atoms with Crippen LogP contribution >= 0.6 is 0 Å². The zero-order valence-electron chi connectivity index (χ0n) is 15.4. The van der Waals surface area contributed by atoms with Crippen molar-refractivity contribution in [1.82, 2.24) is 4.31 Å². The predicted octanol–water partition coefficient (Wildman–Crippen LogP) is 3.02. The Kier molecular flexibility index (Phi) is 5.78. The minimum absolute atomic E-state index is 0.0540. The molecular formula is C19H20F2N2O4S. The van der Waals surface area contributed by atoms with Gasteiger partial charge in [0.05, 0.1) is 22.8 Å². The summed E-state index contributed by atoms with van der Waals surface area (Å²) in [4.78, 5) is 12.3. The fraction of sp³-hybridized carbons (Fsp3) is 0.316. The summed E-state index contributed by atoms with van der Waals surface area (Å²) < 4.78 is 59.1. The lowest BCUT2D eigenvalue weighted by molar-refractivity contribution is -0.0440. The molecule has 0 radical (unpaired) electrons. The van der Waals surface area contributed by atoms with E-state index in [0.717, 1.165) is 12.1 Å². The van der Waals surface area contributed by atoms with E-state index in [1.54, 1.807) is 13.8 Å². The second-order valence-corrected chi connectivity index (χ2v) is 8.62. The molecule has 6 nitrogen and oxygen atoms in total. The maximum Gasteiger partial charge on any atom is 0.255 e. The summed E-state index contributed by atoms with van der Waals surface area (Å²) in [6.45, 7) is 4.11. The van der Waals surface area contributed by atoms with Gasteiger partial charge >= 0.3 is 0 Å². The second kappa shape index (κ2) is 7.94. The van der Waals surface area contributed by atoms with Gasteiger partial charge in [0.1, 0.15) is 11.6 Å². The molecule has 3 rings (SSSR count). The number of halogens is 2. The highest BCUT2D eigenvalue weighted by Crippen LogP contribution is 2.22. The van der Waals surface area contributed by atoms with E-state index in [0.29, 0.717) is 6.07 Å². The number of carbonyl (C=O) groups is 1. The van der Waals surface area contributed by atoms with E-state index in [1.807, 2.05) is 0 Å². The first-order valence-electron chi connectivity index (χ1n) is 8.69. The number of nitrogens with zero attached hydrogens (tertiary/aromatic N) is 1. The number of ether oxygens (including phenoxy) is 1. The summed E-state index contributed by atoms with van der Waals surface area (Å²) in [5.74, 6) is -2.29. The van der Waals surface area contributed by atoms with Crippen LogP contribution in [0.5, 0.6) is 0 Å². The molecule has 9 heteroatoms. The Morgan fingerprint density at radius 3 is 2.25 bits per heavy atom. The summed E-state index contributed by atoms with van der Waals surface area (Å²) in [6, 6.07) is 8.15. The van der Waals surface area contributed by atoms with Crippen molar-refractivity contribution in [3.8, 4) is 0 Å². The Balaban J connectivity index is 1.76. The largest absolute Gasteiger partial charge is 0.373 e. The Hall–Kier alpha value is -2.36. The van der Waals surface area contributed by atoms with E-state index in [4.69, 9.17) is 4.74 Å². The third-order valence-electron chi connectivity index (χ3n) is 4.32. The minimum atomic E-state index is -3.72. The number of anilines is 1. The highest BCUT2D eigenvalue weighted by atomic mass is 32.2. The predicted molar refractivity (Wildman–Crippen MR) is 99.5 cm³/mol. The molecule has 0 unspecified atom stereocenters. The molecule has 0 aliphatic carbocycles. The normalized spacial score (nSPS) is 20.7. The van der Waals surface area contributed by atoms with Gasteiger partial charge in [0.15, 0.2) is 0 Å². The van der Waals surface area contributed by atoms with Gasteiger partial charge in [0.2, 0.25) is 10.0 Å². The molecule has 2 aromatic rings. The van der Waals surface area contributed by atoms with Crippen LogP contribution in [0, 0.1) is 11.6 Å². The van der Waals surface area contributed by atoms with E-state index < -0.39 is 27.6 Å². The number of rotatable bonds is 4. The molecule has 0 aromatic heterocycles. The Labute approximate surface area is 162 Å². The van der Waals surface area contributed by atoms with Gasteiger partial charge < -0.3 is 10.1 Å². The van der Waals surface area contributed by atoms with Gasteiger partial charge in [-0.25, -0.2) is 17.2 Å². The first kappa shape index (κ1) is 20.4. The first-order chi connectivity index (χ1) is 13.2. The van der Waals surface area contributed by atoms with Crippen LogP contribution in [-0.4, -0.2) is 43.9 Å². The molecule has 2 atom stereocenters. The van der Waals surface area contributed by atoms with Crippen LogP contribution in [0.25, 0.3) is 0 Å². The van der Waals surface area contributed by atoms with Crippen LogP contribution in [0.1, 0.15) is 24.2 Å². The quantitative estimate of drug-likeness (QED) is 0.841. The third-order valence-corrected chi connectivity index (χ3v) is 6.17. The maximum absolute atomic E-state index is 13.7. The number of benzene rings is 2. The van der Waals surface area contributed by atoms with Crippen molar-refractivity contribution >= 4 is 21.6 Å². The molecule has 0 bridgehead atoms. The number of morpholine rings is 1. The van der Waals surface area contributed by atoms with Crippen LogP contribution in [0.15, 0.2) is 47.4 Å². The highest BCUT2D eigenvalue weighted by molar-refractivity contribution is 7.89. The van der Waals surface area contributed by atoms with E-state index in [2.05, 4.69) is 5.32 Å². The van der Waals surface area contributed by atoms with E-state index in [1.165, 1.54) is 28.6 Å². The minimum Gasteiger partial charge on any atom is -0.373 e. The fourth-order valence-corrected chi connectivity index (χ4v) is 4.63. The van der Waals surface area contributed by atoms with Gasteiger partial charge in [-0.05, 0) is 50.2 Å². The summed E-state index contributed by atoms with van der Waals surface area (Å²) >= 11 is 0. The van der Waals surface area contributed by atoms with Crippen molar-refractivity contribution < 1.29 is 26.7 Å². The van der Waals surface area contributed by atoms with E-state index >= 15 is 0 Å². The van der Waals surface area contributed by atoms with Gasteiger partial charge in [0.25, 0.3) is 5.91 Å². The monoisotopic (exact) mass is 410 g/mol. The Morgan fingerprint density at radius 2 is 1.68 bits per heavy atom. The number of hydrogen-bond acceptors (Lipinski definition) is 4. The van der Waals surface area contributed by atoms with Gasteiger partial charge in [-0.15, -0.1) is 0 Å². The molecule has 1 aliphatic rings. The number of nitrogens with one attached hydrogen (secondary N) is 1. The number of amides is 1. The van der Waals surface area contributed by atoms with Gasteiger partial charge in [-0.3, -0.25) is 4.79 Å². The number of carbonyl (C=O) groups excluding carboxylic acids is 1. The van der Waals surface area contributed by atoms with E-state index in [9.17, 15) is 22.0 Å². The standard InChI is InChI=1S/C19H20F2N2O4S/c1-12-10-23(11-13(2)27-12)28(25,26)16-6-3-14(4-7-16)19(24)22-18-8-5-15(20)9-17(18)21/h3-9,12-13H,10-11H2,1-2H3,(H,22,24)/t12-,13+. The molecule has 1 heterocycles. The third kappa shape index (κ3) is 4.37. The maximum atomic E-state index is 13.7. The zero-order chi connectivity index (χ0) is 20.5. The second-order valence-electron chi connectivity index (χ2n) is 6.68. The molecule has 1 fully saturated rings. The Morgan fingerprint density at radius 1 is 1.07 bits per heavy atom. The van der Waals surface area contributed by atoms with Crippen molar-refractivity contribution in [2.75, 3.05) is 18.4 Å². The number of hydrogen-bond donors (Lipinski definition) is 1. The molecule has 1 aliphatic heterocycles. The summed E-state index contributed by atoms with van der Waals surface area (Å²) in [7, 11) is -3.72. The van der Waals surface area contributed by atoms with Crippen LogP contribution < -0.4 is 5.32 Å². The SMILES string of the molecule is C[C@@H]1CN(S(=O)(=O)c2ccc(C(=O)Nc3ccc(F)cc3F)cc2)C[C@H](C)O1. The first-order valence-corrected chi connectivity index (χ1v) is 10.1. The lowest BCUT2D eigenvalue weighted by Gasteiger charge is -2.34. The van der Waals surface area contributed by atoms with Crippen molar-refractivity contribution in [2.45, 2.75) is 31.0 Å². The summed E-state index contributed by atoms with van der Waals surface area (Å²) in [5.41, 5.74) is -0.0224. The molecular weight excluding hydrogens is 390 g/mol. The van der Waals surface area contributed by atoms with E-state index in [-0.39, 0.29) is 41.4 Å². The van der Waals surface area contributed by atoms with Gasteiger partial charge in [-0.1, -0.05) is 0 Å². The smallest absolute Gasteiger partial charge is 0.255 e. The summed E-state index contributed by atoms with van der Waals surface area (Å²) in [5, 5.41) is 2.33. The van der Waals surface area contributed by atoms with Crippen molar-refractivity contribution in [3.05, 3.63) is 59.7 Å². The molecule has 150 valence electrons. The van der Waals surface area contributed by atoms with Crippen molar-refractivity contribution in [1.29, 1.82) is 0 Å². The molecule has 28 heavy (non-hydrogen) atoms. The van der Waals surface area contributed by atoms with Crippen LogP contribution in [0.3, 0.4) is 0 Å². The average Bonchev–Trinajstić information content (AvgIpc) is 2.63. The van der Waals surface area contributed by atoms with Gasteiger partial charge in [0, 0.05) is 24.7 Å². The topological polar surface area (TPSA) is 75.7 Å². The Bertz CT molecular complexity index is 970. The molecule has 1 N–H and O–H groups in total. The highest BCUT2D eigenvalue weighted by Gasteiger charge is 2.32. The van der Waals surface area contributed by atoms with Crippen LogP contribution in [0.4, 0.5) is 14.5 Å². The number of sulfonamides is 1. The van der Waals surface area contributed by atoms with Crippen LogP contribution in [0.2, 0.25) is 0 Å². The van der Waals surface area contributed by atoms with Crippen molar-refractivity contribution in [2.24, 2.45) is 0 Å². The molecule has 2 aromatic carbocycles. The molecule has 1 amide bonds. The zero-order valence-corrected chi connectivity index (χ0v) is 16.2. The summed E-state index contributed by atoms with van der Waals surface area (Å²) in [6.07, 6.45) is -0.427. The lowest BCUT2D eigenvalue weighted by atomic mass is 10.2. The molecule has 1 saturated heterocycles. The molecule has 0 spiro atoms. The fourth-order valence-electron chi connectivity index (χ4n) is 3.04.